The number of rotatable bonds is 2. The number of fused-ring (bicyclic) bond motifs is 1. The summed E-state index contributed by atoms with van der Waals surface area (Å²) in [6.07, 6.45) is 3.01. The number of aliphatic hydroxyl groups is 1. The van der Waals surface area contributed by atoms with Gasteiger partial charge in [-0.15, -0.1) is 0 Å². The molecule has 0 aromatic carbocycles. The van der Waals surface area contributed by atoms with E-state index in [-0.39, 0.29) is 30.4 Å². The van der Waals surface area contributed by atoms with Gasteiger partial charge in [0.15, 0.2) is 0 Å². The van der Waals surface area contributed by atoms with Crippen LogP contribution in [0, 0.1) is 5.92 Å². The first-order chi connectivity index (χ1) is 10.5. The second kappa shape index (κ2) is 5.39. The fourth-order valence-corrected chi connectivity index (χ4v) is 3.95. The van der Waals surface area contributed by atoms with E-state index in [4.69, 9.17) is 0 Å². The highest BCUT2D eigenvalue weighted by Crippen LogP contribution is 2.42. The minimum absolute atomic E-state index is 0.0588. The lowest BCUT2D eigenvalue weighted by Crippen LogP contribution is -2.54. The molecule has 0 unspecified atom stereocenters. The van der Waals surface area contributed by atoms with Crippen LogP contribution in [0.2, 0.25) is 0 Å². The molecule has 7 nitrogen and oxygen atoms in total. The highest BCUT2D eigenvalue weighted by Gasteiger charge is 2.52. The lowest BCUT2D eigenvalue weighted by molar-refractivity contribution is -0.130. The fourth-order valence-electron chi connectivity index (χ4n) is 3.95. The Morgan fingerprint density at radius 2 is 2.32 bits per heavy atom. The highest BCUT2D eigenvalue weighted by atomic mass is 16.3. The lowest BCUT2D eigenvalue weighted by atomic mass is 9.89. The maximum Gasteiger partial charge on any atom is 0.272 e. The van der Waals surface area contributed by atoms with Gasteiger partial charge < -0.3 is 14.9 Å². The molecule has 2 saturated heterocycles. The molecule has 0 spiro atoms. The molecule has 2 aliphatic heterocycles. The molecule has 1 aromatic heterocycles. The second-order valence-electron chi connectivity index (χ2n) is 6.59. The Labute approximate surface area is 129 Å². The Morgan fingerprint density at radius 3 is 2.91 bits per heavy atom. The Balaban J connectivity index is 1.88. The van der Waals surface area contributed by atoms with Gasteiger partial charge in [-0.05, 0) is 31.7 Å². The zero-order valence-corrected chi connectivity index (χ0v) is 13.0. The van der Waals surface area contributed by atoms with Crippen LogP contribution >= 0.6 is 0 Å². The van der Waals surface area contributed by atoms with Crippen molar-refractivity contribution < 1.29 is 14.7 Å². The summed E-state index contributed by atoms with van der Waals surface area (Å²) in [5.74, 6) is 0.155. The Bertz CT molecular complexity index is 573. The van der Waals surface area contributed by atoms with Gasteiger partial charge in [0.2, 0.25) is 5.91 Å². The summed E-state index contributed by atoms with van der Waals surface area (Å²) in [4.78, 5) is 28.1. The van der Waals surface area contributed by atoms with Gasteiger partial charge in [0.1, 0.15) is 5.69 Å². The first-order valence-electron chi connectivity index (χ1n) is 7.65. The maximum atomic E-state index is 12.8. The van der Waals surface area contributed by atoms with Crippen LogP contribution in [-0.2, 0) is 4.79 Å². The third-order valence-corrected chi connectivity index (χ3v) is 5.04. The second-order valence-corrected chi connectivity index (χ2v) is 6.59. The minimum atomic E-state index is -0.593. The molecular weight excluding hydrogens is 284 g/mol. The van der Waals surface area contributed by atoms with E-state index in [1.165, 1.54) is 0 Å². The molecule has 2 N–H and O–H groups in total. The SMILES string of the molecule is CC(=O)N1CC[C@H]2[C@H](C1)C[C@](C)(CO)N2C(=O)c1ccn[nH]1. The molecule has 2 aliphatic rings. The van der Waals surface area contributed by atoms with Gasteiger partial charge in [-0.3, -0.25) is 14.7 Å². The molecule has 2 amide bonds. The zero-order valence-electron chi connectivity index (χ0n) is 13.0. The quantitative estimate of drug-likeness (QED) is 0.819. The first kappa shape index (κ1) is 15.0. The molecule has 0 radical (unpaired) electrons. The molecule has 0 aliphatic carbocycles. The van der Waals surface area contributed by atoms with Gasteiger partial charge >= 0.3 is 0 Å². The van der Waals surface area contributed by atoms with Gasteiger partial charge in [0, 0.05) is 32.3 Å². The first-order valence-corrected chi connectivity index (χ1v) is 7.65. The summed E-state index contributed by atoms with van der Waals surface area (Å²) in [5, 5.41) is 16.4. The smallest absolute Gasteiger partial charge is 0.272 e. The largest absolute Gasteiger partial charge is 0.394 e. The summed E-state index contributed by atoms with van der Waals surface area (Å²) in [7, 11) is 0. The van der Waals surface area contributed by atoms with Crippen LogP contribution in [0.25, 0.3) is 0 Å². The maximum absolute atomic E-state index is 12.8. The van der Waals surface area contributed by atoms with Gasteiger partial charge in [-0.2, -0.15) is 5.10 Å². The Morgan fingerprint density at radius 1 is 1.55 bits per heavy atom. The van der Waals surface area contributed by atoms with Crippen molar-refractivity contribution in [3.8, 4) is 0 Å². The van der Waals surface area contributed by atoms with Crippen molar-refractivity contribution in [2.45, 2.75) is 38.3 Å². The van der Waals surface area contributed by atoms with E-state index in [2.05, 4.69) is 10.2 Å². The predicted octanol–water partition coefficient (Wildman–Crippen LogP) is 0.244. The molecule has 120 valence electrons. The monoisotopic (exact) mass is 306 g/mol. The Kier molecular flexibility index (Phi) is 3.68. The number of aliphatic hydroxyl groups excluding tert-OH is 1. The van der Waals surface area contributed by atoms with Crippen molar-refractivity contribution in [1.82, 2.24) is 20.0 Å². The summed E-state index contributed by atoms with van der Waals surface area (Å²) in [5.41, 5.74) is -0.154. The van der Waals surface area contributed by atoms with E-state index in [0.29, 0.717) is 25.2 Å². The highest BCUT2D eigenvalue weighted by molar-refractivity contribution is 5.93. The van der Waals surface area contributed by atoms with Crippen LogP contribution in [0.3, 0.4) is 0 Å². The number of nitrogens with zero attached hydrogens (tertiary/aromatic N) is 3. The van der Waals surface area contributed by atoms with Gasteiger partial charge in [-0.1, -0.05) is 0 Å². The fraction of sp³-hybridized carbons (Fsp3) is 0.667. The van der Waals surface area contributed by atoms with Crippen molar-refractivity contribution in [2.24, 2.45) is 5.92 Å². The third-order valence-electron chi connectivity index (χ3n) is 5.04. The average molecular weight is 306 g/mol. The van der Waals surface area contributed by atoms with Crippen LogP contribution in [-0.4, -0.2) is 68.2 Å². The topological polar surface area (TPSA) is 89.5 Å². The summed E-state index contributed by atoms with van der Waals surface area (Å²) >= 11 is 0. The average Bonchev–Trinajstić information content (AvgIpc) is 3.11. The summed E-state index contributed by atoms with van der Waals surface area (Å²) < 4.78 is 0. The van der Waals surface area contributed by atoms with E-state index < -0.39 is 5.54 Å². The molecule has 7 heteroatoms. The zero-order chi connectivity index (χ0) is 15.9. The lowest BCUT2D eigenvalue weighted by Gasteiger charge is -2.40. The van der Waals surface area contributed by atoms with Crippen LogP contribution in [0.4, 0.5) is 0 Å². The number of aromatic nitrogens is 2. The number of piperidine rings is 1. The molecule has 3 heterocycles. The Hall–Kier alpha value is -1.89. The van der Waals surface area contributed by atoms with Crippen molar-refractivity contribution in [3.63, 3.8) is 0 Å². The standard InChI is InChI=1S/C15H22N4O3/c1-10(21)18-6-4-13-11(8-18)7-15(2,9-20)19(13)14(22)12-3-5-16-17-12/h3,5,11,13,20H,4,6-9H2,1-2H3,(H,16,17)/t11-,13-,15+/m0/s1. The summed E-state index contributed by atoms with van der Waals surface area (Å²) in [6.45, 7) is 4.72. The molecule has 0 saturated carbocycles. The number of likely N-dealkylation sites (tertiary alicyclic amines) is 2. The van der Waals surface area contributed by atoms with Crippen molar-refractivity contribution in [1.29, 1.82) is 0 Å². The predicted molar refractivity (Wildman–Crippen MR) is 79.0 cm³/mol. The molecule has 3 rings (SSSR count). The van der Waals surface area contributed by atoms with E-state index in [1.807, 2.05) is 16.7 Å². The van der Waals surface area contributed by atoms with Crippen LogP contribution in [0.1, 0.15) is 37.2 Å². The molecule has 0 bridgehead atoms. The van der Waals surface area contributed by atoms with Gasteiger partial charge in [0.25, 0.3) is 5.91 Å². The third kappa shape index (κ3) is 2.29. The number of hydrogen-bond donors (Lipinski definition) is 2. The number of H-pyrrole nitrogens is 1. The van der Waals surface area contributed by atoms with Gasteiger partial charge in [0.05, 0.1) is 12.1 Å². The summed E-state index contributed by atoms with van der Waals surface area (Å²) in [6, 6.07) is 1.71. The van der Waals surface area contributed by atoms with Crippen LogP contribution in [0.15, 0.2) is 12.3 Å². The van der Waals surface area contributed by atoms with E-state index >= 15 is 0 Å². The number of carbonyl (C=O) groups is 2. The van der Waals surface area contributed by atoms with E-state index in [1.54, 1.807) is 19.2 Å². The number of hydrogen-bond acceptors (Lipinski definition) is 4. The normalized spacial score (nSPS) is 31.2. The minimum Gasteiger partial charge on any atom is -0.394 e. The number of amides is 2. The van der Waals surface area contributed by atoms with Crippen molar-refractivity contribution in [2.75, 3.05) is 19.7 Å². The molecular formula is C15H22N4O3. The number of aromatic amines is 1. The molecule has 1 aromatic rings. The van der Waals surface area contributed by atoms with Crippen LogP contribution < -0.4 is 0 Å². The molecule has 3 atom stereocenters. The van der Waals surface area contributed by atoms with Crippen LogP contribution in [0.5, 0.6) is 0 Å². The molecule has 2 fully saturated rings. The number of carbonyl (C=O) groups excluding carboxylic acids is 2. The van der Waals surface area contributed by atoms with E-state index in [9.17, 15) is 14.7 Å². The molecule has 22 heavy (non-hydrogen) atoms. The van der Waals surface area contributed by atoms with Gasteiger partial charge in [-0.25, -0.2) is 0 Å². The van der Waals surface area contributed by atoms with E-state index in [0.717, 1.165) is 6.42 Å². The van der Waals surface area contributed by atoms with Crippen molar-refractivity contribution >= 4 is 11.8 Å². The number of nitrogens with one attached hydrogen (secondary N) is 1. The van der Waals surface area contributed by atoms with Crippen molar-refractivity contribution in [3.05, 3.63) is 18.0 Å².